The highest BCUT2D eigenvalue weighted by molar-refractivity contribution is 6.05. The van der Waals surface area contributed by atoms with Crippen molar-refractivity contribution in [1.29, 1.82) is 0 Å². The van der Waals surface area contributed by atoms with Crippen LogP contribution in [0, 0.1) is 10.1 Å². The van der Waals surface area contributed by atoms with Crippen LogP contribution in [0.4, 0.5) is 5.69 Å². The number of nitrogens with one attached hydrogen (secondary N) is 2. The number of piperidine rings is 1. The highest BCUT2D eigenvalue weighted by Gasteiger charge is 2.30. The van der Waals surface area contributed by atoms with Gasteiger partial charge in [-0.05, 0) is 25.3 Å². The van der Waals surface area contributed by atoms with Gasteiger partial charge in [0.1, 0.15) is 0 Å². The van der Waals surface area contributed by atoms with Gasteiger partial charge in [-0.25, -0.2) is 0 Å². The number of nitrogens with two attached hydrogens (primary N) is 1. The lowest BCUT2D eigenvalue weighted by Gasteiger charge is -2.35. The van der Waals surface area contributed by atoms with Crippen LogP contribution in [0.15, 0.2) is 18.2 Å². The summed E-state index contributed by atoms with van der Waals surface area (Å²) in [5.41, 5.74) is 6.01. The topological polar surface area (TPSA) is 147 Å². The van der Waals surface area contributed by atoms with E-state index >= 15 is 0 Å². The standard InChI is InChI=1S/C17H22N6O4/c18-7-6-15(24)19-10-12-3-1-2-8-22(12)17(25)16-13-9-11(23(26)27)4-5-14(13)20-21-16/h4-5,9,12H,1-3,6-8,10,18H2,(H,19,24)(H,20,21). The van der Waals surface area contributed by atoms with Crippen LogP contribution >= 0.6 is 0 Å². The predicted octanol–water partition coefficient (Wildman–Crippen LogP) is 0.931. The van der Waals surface area contributed by atoms with Gasteiger partial charge >= 0.3 is 0 Å². The Morgan fingerprint density at radius 2 is 2.22 bits per heavy atom. The zero-order valence-electron chi connectivity index (χ0n) is 14.8. The fraction of sp³-hybridized carbons (Fsp3) is 0.471. The summed E-state index contributed by atoms with van der Waals surface area (Å²) in [6, 6.07) is 4.12. The lowest BCUT2D eigenvalue weighted by atomic mass is 10.0. The number of likely N-dealkylation sites (tertiary alicyclic amines) is 1. The molecule has 2 aromatic rings. The number of carbonyl (C=O) groups excluding carboxylic acids is 2. The number of nitro groups is 1. The first kappa shape index (κ1) is 18.8. The molecule has 0 radical (unpaired) electrons. The zero-order valence-corrected chi connectivity index (χ0v) is 14.8. The largest absolute Gasteiger partial charge is 0.354 e. The Kier molecular flexibility index (Phi) is 5.65. The Morgan fingerprint density at radius 1 is 1.41 bits per heavy atom. The zero-order chi connectivity index (χ0) is 19.4. The maximum absolute atomic E-state index is 13.1. The second-order valence-corrected chi connectivity index (χ2v) is 6.55. The van der Waals surface area contributed by atoms with E-state index < -0.39 is 4.92 Å². The highest BCUT2D eigenvalue weighted by atomic mass is 16.6. The molecule has 1 aromatic carbocycles. The SMILES string of the molecule is NCCC(=O)NCC1CCCCN1C(=O)c1n[nH]c2ccc([N+](=O)[O-])cc12. The van der Waals surface area contributed by atoms with Gasteiger partial charge in [0.15, 0.2) is 5.69 Å². The summed E-state index contributed by atoms with van der Waals surface area (Å²) < 4.78 is 0. The monoisotopic (exact) mass is 374 g/mol. The minimum absolute atomic E-state index is 0.0952. The molecule has 0 saturated carbocycles. The highest BCUT2D eigenvalue weighted by Crippen LogP contribution is 2.25. The molecule has 0 aliphatic carbocycles. The minimum atomic E-state index is -0.503. The van der Waals surface area contributed by atoms with Crippen molar-refractivity contribution in [2.24, 2.45) is 5.73 Å². The predicted molar refractivity (Wildman–Crippen MR) is 98.1 cm³/mol. The first-order valence-corrected chi connectivity index (χ1v) is 8.91. The Hall–Kier alpha value is -3.01. The molecule has 1 aliphatic rings. The lowest BCUT2D eigenvalue weighted by molar-refractivity contribution is -0.384. The van der Waals surface area contributed by atoms with E-state index in [1.807, 2.05) is 0 Å². The number of H-pyrrole nitrogens is 1. The van der Waals surface area contributed by atoms with Crippen LogP contribution in [-0.4, -0.2) is 57.5 Å². The molecule has 2 amide bonds. The molecule has 1 aliphatic heterocycles. The fourth-order valence-electron chi connectivity index (χ4n) is 3.35. The molecular weight excluding hydrogens is 352 g/mol. The van der Waals surface area contributed by atoms with Crippen LogP contribution in [0.3, 0.4) is 0 Å². The Bertz CT molecular complexity index is 864. The van der Waals surface area contributed by atoms with Gasteiger partial charge < -0.3 is 16.0 Å². The molecule has 0 bridgehead atoms. The van der Waals surface area contributed by atoms with Gasteiger partial charge in [-0.15, -0.1) is 0 Å². The third-order valence-corrected chi connectivity index (χ3v) is 4.75. The Labute approximate surface area is 155 Å². The van der Waals surface area contributed by atoms with Crippen molar-refractivity contribution in [2.45, 2.75) is 31.7 Å². The third kappa shape index (κ3) is 4.05. The average molecular weight is 374 g/mol. The molecule has 10 heteroatoms. The molecule has 2 heterocycles. The van der Waals surface area contributed by atoms with Gasteiger partial charge in [-0.3, -0.25) is 24.8 Å². The fourth-order valence-corrected chi connectivity index (χ4v) is 3.35. The summed E-state index contributed by atoms with van der Waals surface area (Å²) in [5.74, 6) is -0.434. The van der Waals surface area contributed by atoms with Gasteiger partial charge in [0, 0.05) is 49.6 Å². The molecule has 4 N–H and O–H groups in total. The van der Waals surface area contributed by atoms with E-state index in [1.54, 1.807) is 4.90 Å². The molecule has 10 nitrogen and oxygen atoms in total. The van der Waals surface area contributed by atoms with Crippen LogP contribution in [-0.2, 0) is 4.79 Å². The molecule has 1 aromatic heterocycles. The normalized spacial score (nSPS) is 17.1. The van der Waals surface area contributed by atoms with Crippen LogP contribution < -0.4 is 11.1 Å². The van der Waals surface area contributed by atoms with Crippen molar-refractivity contribution in [2.75, 3.05) is 19.6 Å². The summed E-state index contributed by atoms with van der Waals surface area (Å²) in [7, 11) is 0. The summed E-state index contributed by atoms with van der Waals surface area (Å²) in [4.78, 5) is 37.0. The summed E-state index contributed by atoms with van der Waals surface area (Å²) in [6.07, 6.45) is 2.85. The van der Waals surface area contributed by atoms with Crippen LogP contribution in [0.25, 0.3) is 10.9 Å². The van der Waals surface area contributed by atoms with E-state index in [-0.39, 0.29) is 42.2 Å². The molecule has 27 heavy (non-hydrogen) atoms. The minimum Gasteiger partial charge on any atom is -0.354 e. The molecule has 1 unspecified atom stereocenters. The number of aromatic amines is 1. The second-order valence-electron chi connectivity index (χ2n) is 6.55. The number of non-ortho nitro benzene ring substituents is 1. The molecule has 1 fully saturated rings. The number of hydrogen-bond donors (Lipinski definition) is 3. The third-order valence-electron chi connectivity index (χ3n) is 4.75. The van der Waals surface area contributed by atoms with Gasteiger partial charge in [0.2, 0.25) is 5.91 Å². The molecule has 0 spiro atoms. The molecule has 1 atom stereocenters. The molecule has 144 valence electrons. The number of nitro benzene ring substituents is 1. The number of fused-ring (bicyclic) bond motifs is 1. The van der Waals surface area contributed by atoms with E-state index in [9.17, 15) is 19.7 Å². The van der Waals surface area contributed by atoms with E-state index in [0.717, 1.165) is 19.3 Å². The van der Waals surface area contributed by atoms with Gasteiger partial charge in [-0.2, -0.15) is 5.10 Å². The lowest BCUT2D eigenvalue weighted by Crippen LogP contribution is -2.49. The number of carbonyl (C=O) groups is 2. The maximum Gasteiger partial charge on any atom is 0.275 e. The number of rotatable bonds is 6. The Morgan fingerprint density at radius 3 is 2.96 bits per heavy atom. The van der Waals surface area contributed by atoms with Crippen molar-refractivity contribution in [3.63, 3.8) is 0 Å². The summed E-state index contributed by atoms with van der Waals surface area (Å²) in [5, 5.41) is 21.1. The van der Waals surface area contributed by atoms with Crippen molar-refractivity contribution in [1.82, 2.24) is 20.4 Å². The number of aromatic nitrogens is 2. The summed E-state index contributed by atoms with van der Waals surface area (Å²) >= 11 is 0. The second kappa shape index (κ2) is 8.12. The molecule has 1 saturated heterocycles. The maximum atomic E-state index is 13.1. The smallest absolute Gasteiger partial charge is 0.275 e. The van der Waals surface area contributed by atoms with E-state index in [2.05, 4.69) is 15.5 Å². The van der Waals surface area contributed by atoms with Crippen molar-refractivity contribution in [3.05, 3.63) is 34.0 Å². The average Bonchev–Trinajstić information content (AvgIpc) is 3.09. The number of hydrogen-bond acceptors (Lipinski definition) is 6. The van der Waals surface area contributed by atoms with Crippen LogP contribution in [0.1, 0.15) is 36.2 Å². The first-order valence-electron chi connectivity index (χ1n) is 8.91. The Balaban J connectivity index is 1.82. The van der Waals surface area contributed by atoms with Crippen molar-refractivity contribution < 1.29 is 14.5 Å². The van der Waals surface area contributed by atoms with Gasteiger partial charge in [0.25, 0.3) is 11.6 Å². The van der Waals surface area contributed by atoms with Crippen LogP contribution in [0.5, 0.6) is 0 Å². The molecular formula is C17H22N6O4. The number of amides is 2. The first-order chi connectivity index (χ1) is 13.0. The van der Waals surface area contributed by atoms with E-state index in [1.165, 1.54) is 18.2 Å². The molecule has 3 rings (SSSR count). The van der Waals surface area contributed by atoms with E-state index in [4.69, 9.17) is 5.73 Å². The van der Waals surface area contributed by atoms with Gasteiger partial charge in [0.05, 0.1) is 10.4 Å². The summed E-state index contributed by atoms with van der Waals surface area (Å²) in [6.45, 7) is 1.18. The number of nitrogens with zero attached hydrogens (tertiary/aromatic N) is 3. The van der Waals surface area contributed by atoms with Gasteiger partial charge in [-0.1, -0.05) is 0 Å². The number of benzene rings is 1. The quantitative estimate of drug-likeness (QED) is 0.506. The van der Waals surface area contributed by atoms with Crippen molar-refractivity contribution in [3.8, 4) is 0 Å². The van der Waals surface area contributed by atoms with E-state index in [0.29, 0.717) is 24.0 Å². The van der Waals surface area contributed by atoms with Crippen molar-refractivity contribution >= 4 is 28.4 Å². The van der Waals surface area contributed by atoms with Crippen LogP contribution in [0.2, 0.25) is 0 Å².